The van der Waals surface area contributed by atoms with Crippen LogP contribution in [0, 0.1) is 0 Å². The first-order valence-corrected chi connectivity index (χ1v) is 9.71. The first-order chi connectivity index (χ1) is 13.0. The van der Waals surface area contributed by atoms with Crippen LogP contribution in [0.4, 0.5) is 0 Å². The highest BCUT2D eigenvalue weighted by Gasteiger charge is 2.15. The van der Waals surface area contributed by atoms with E-state index in [1.54, 1.807) is 0 Å². The zero-order valence-corrected chi connectivity index (χ0v) is 17.2. The van der Waals surface area contributed by atoms with E-state index in [1.807, 2.05) is 55.4 Å². The van der Waals surface area contributed by atoms with Crippen molar-refractivity contribution >= 4 is 15.9 Å². The van der Waals surface area contributed by atoms with E-state index in [-0.39, 0.29) is 0 Å². The van der Waals surface area contributed by atoms with Crippen LogP contribution < -0.4 is 4.74 Å². The topological polar surface area (TPSA) is 32.7 Å². The first kappa shape index (κ1) is 19.6. The number of benzene rings is 3. The van der Waals surface area contributed by atoms with E-state index in [9.17, 15) is 5.11 Å². The smallest absolute Gasteiger partial charge is 0.125 e. The summed E-state index contributed by atoms with van der Waals surface area (Å²) in [5.74, 6) is 0.708. The number of rotatable bonds is 7. The van der Waals surface area contributed by atoms with Crippen molar-refractivity contribution < 1.29 is 9.84 Å². The van der Waals surface area contributed by atoms with Gasteiger partial charge in [-0.1, -0.05) is 70.5 Å². The van der Waals surface area contributed by atoms with Crippen molar-refractivity contribution in [3.8, 4) is 16.9 Å². The van der Waals surface area contributed by atoms with Crippen molar-refractivity contribution in [2.75, 3.05) is 20.6 Å². The van der Waals surface area contributed by atoms with E-state index in [1.165, 1.54) is 11.1 Å². The lowest BCUT2D eigenvalue weighted by Crippen LogP contribution is -2.20. The normalized spacial score (nSPS) is 12.2. The second kappa shape index (κ2) is 9.18. The van der Waals surface area contributed by atoms with Gasteiger partial charge in [0.25, 0.3) is 0 Å². The Hall–Kier alpha value is -2.14. The Bertz CT molecular complexity index is 863. The minimum Gasteiger partial charge on any atom is -0.489 e. The van der Waals surface area contributed by atoms with Gasteiger partial charge in [-0.05, 0) is 49.0 Å². The summed E-state index contributed by atoms with van der Waals surface area (Å²) in [6.07, 6.45) is -0.604. The second-order valence-corrected chi connectivity index (χ2v) is 7.73. The van der Waals surface area contributed by atoms with Gasteiger partial charge in [-0.2, -0.15) is 0 Å². The molecule has 1 atom stereocenters. The quantitative estimate of drug-likeness (QED) is 0.557. The molecule has 0 aliphatic rings. The van der Waals surface area contributed by atoms with Gasteiger partial charge in [0.1, 0.15) is 12.4 Å². The van der Waals surface area contributed by atoms with Crippen LogP contribution in [0.25, 0.3) is 11.1 Å². The molecule has 140 valence electrons. The number of likely N-dealkylation sites (N-methyl/N-ethyl adjacent to an activating group) is 1. The van der Waals surface area contributed by atoms with Gasteiger partial charge in [-0.25, -0.2) is 0 Å². The van der Waals surface area contributed by atoms with Crippen molar-refractivity contribution in [3.63, 3.8) is 0 Å². The van der Waals surface area contributed by atoms with Crippen LogP contribution in [0.15, 0.2) is 77.3 Å². The summed E-state index contributed by atoms with van der Waals surface area (Å²) in [6, 6.07) is 24.4. The zero-order valence-electron chi connectivity index (χ0n) is 15.6. The van der Waals surface area contributed by atoms with Crippen molar-refractivity contribution in [3.05, 3.63) is 88.4 Å². The molecule has 4 heteroatoms. The largest absolute Gasteiger partial charge is 0.489 e. The third-order valence-electron chi connectivity index (χ3n) is 4.32. The highest BCUT2D eigenvalue weighted by atomic mass is 79.9. The number of nitrogens with zero attached hydrogens (tertiary/aromatic N) is 1. The molecule has 0 aliphatic heterocycles. The van der Waals surface area contributed by atoms with Crippen LogP contribution in [0.2, 0.25) is 0 Å². The Kier molecular flexibility index (Phi) is 6.67. The fourth-order valence-electron chi connectivity index (χ4n) is 2.94. The van der Waals surface area contributed by atoms with Crippen molar-refractivity contribution in [2.45, 2.75) is 12.7 Å². The molecule has 3 aromatic carbocycles. The maximum Gasteiger partial charge on any atom is 0.125 e. The molecular weight excluding hydrogens is 402 g/mol. The van der Waals surface area contributed by atoms with Crippen LogP contribution in [0.3, 0.4) is 0 Å². The second-order valence-electron chi connectivity index (χ2n) is 6.81. The SMILES string of the molecule is CN(C)CC(O)c1cc(Br)ccc1OCc1ccc(-c2ccccc2)cc1. The van der Waals surface area contributed by atoms with Gasteiger partial charge in [0.15, 0.2) is 0 Å². The molecule has 0 bridgehead atoms. The van der Waals surface area contributed by atoms with Crippen LogP contribution >= 0.6 is 15.9 Å². The maximum atomic E-state index is 10.5. The van der Waals surface area contributed by atoms with Crippen LogP contribution in [0.1, 0.15) is 17.2 Å². The van der Waals surface area contributed by atoms with Crippen molar-refractivity contribution in [1.82, 2.24) is 4.90 Å². The Morgan fingerprint density at radius 2 is 1.59 bits per heavy atom. The standard InChI is InChI=1S/C23H24BrNO2/c1-25(2)15-22(26)21-14-20(24)12-13-23(21)27-16-17-8-10-19(11-9-17)18-6-4-3-5-7-18/h3-14,22,26H,15-16H2,1-2H3. The van der Waals surface area contributed by atoms with E-state index in [0.29, 0.717) is 18.9 Å². The number of ether oxygens (including phenoxy) is 1. The van der Waals surface area contributed by atoms with Gasteiger partial charge in [0.05, 0.1) is 6.10 Å². The summed E-state index contributed by atoms with van der Waals surface area (Å²) in [4.78, 5) is 1.96. The summed E-state index contributed by atoms with van der Waals surface area (Å²) >= 11 is 3.48. The van der Waals surface area contributed by atoms with Crippen LogP contribution in [-0.2, 0) is 6.61 Å². The zero-order chi connectivity index (χ0) is 19.2. The molecule has 0 saturated heterocycles. The fraction of sp³-hybridized carbons (Fsp3) is 0.217. The Labute approximate surface area is 169 Å². The first-order valence-electron chi connectivity index (χ1n) is 8.92. The summed E-state index contributed by atoms with van der Waals surface area (Å²) in [5.41, 5.74) is 4.27. The lowest BCUT2D eigenvalue weighted by Gasteiger charge is -2.20. The van der Waals surface area contributed by atoms with E-state index >= 15 is 0 Å². The lowest BCUT2D eigenvalue weighted by atomic mass is 10.0. The summed E-state index contributed by atoms with van der Waals surface area (Å²) in [7, 11) is 3.88. The highest BCUT2D eigenvalue weighted by Crippen LogP contribution is 2.30. The Morgan fingerprint density at radius 3 is 2.26 bits per heavy atom. The molecule has 0 saturated carbocycles. The molecule has 3 rings (SSSR count). The third kappa shape index (κ3) is 5.42. The lowest BCUT2D eigenvalue weighted by molar-refractivity contribution is 0.133. The van der Waals surface area contributed by atoms with Gasteiger partial charge >= 0.3 is 0 Å². The summed E-state index contributed by atoms with van der Waals surface area (Å²) in [6.45, 7) is 0.997. The van der Waals surface area contributed by atoms with Gasteiger partial charge < -0.3 is 14.7 Å². The Morgan fingerprint density at radius 1 is 0.926 bits per heavy atom. The monoisotopic (exact) mass is 425 g/mol. The van der Waals surface area contributed by atoms with E-state index in [4.69, 9.17) is 4.74 Å². The van der Waals surface area contributed by atoms with Gasteiger partial charge in [0, 0.05) is 16.6 Å². The average molecular weight is 426 g/mol. The van der Waals surface area contributed by atoms with Crippen LogP contribution in [-0.4, -0.2) is 30.6 Å². The number of halogens is 1. The number of aliphatic hydroxyl groups is 1. The van der Waals surface area contributed by atoms with Gasteiger partial charge in [-0.15, -0.1) is 0 Å². The minimum atomic E-state index is -0.604. The summed E-state index contributed by atoms with van der Waals surface area (Å²) in [5, 5.41) is 10.5. The van der Waals surface area contributed by atoms with Crippen LogP contribution in [0.5, 0.6) is 5.75 Å². The molecule has 0 amide bonds. The number of aliphatic hydroxyl groups excluding tert-OH is 1. The highest BCUT2D eigenvalue weighted by molar-refractivity contribution is 9.10. The molecule has 0 aromatic heterocycles. The Balaban J connectivity index is 1.71. The molecule has 1 N–H and O–H groups in total. The van der Waals surface area contributed by atoms with E-state index < -0.39 is 6.10 Å². The molecular formula is C23H24BrNO2. The number of hydrogen-bond donors (Lipinski definition) is 1. The van der Waals surface area contributed by atoms with Gasteiger partial charge in [0.2, 0.25) is 0 Å². The molecule has 0 aliphatic carbocycles. The molecule has 0 fully saturated rings. The molecule has 3 nitrogen and oxygen atoms in total. The molecule has 27 heavy (non-hydrogen) atoms. The molecule has 0 radical (unpaired) electrons. The van der Waals surface area contributed by atoms with E-state index in [0.717, 1.165) is 15.6 Å². The maximum absolute atomic E-state index is 10.5. The van der Waals surface area contributed by atoms with E-state index in [2.05, 4.69) is 52.3 Å². The molecule has 3 aromatic rings. The predicted octanol–water partition coefficient (Wildman–Crippen LogP) is 5.29. The van der Waals surface area contributed by atoms with Crippen molar-refractivity contribution in [2.24, 2.45) is 0 Å². The average Bonchev–Trinajstić information content (AvgIpc) is 2.67. The van der Waals surface area contributed by atoms with Crippen molar-refractivity contribution in [1.29, 1.82) is 0 Å². The van der Waals surface area contributed by atoms with Gasteiger partial charge in [-0.3, -0.25) is 0 Å². The third-order valence-corrected chi connectivity index (χ3v) is 4.82. The minimum absolute atomic E-state index is 0.457. The molecule has 0 spiro atoms. The summed E-state index contributed by atoms with van der Waals surface area (Å²) < 4.78 is 6.95. The fourth-order valence-corrected chi connectivity index (χ4v) is 3.32. The molecule has 0 heterocycles. The molecule has 1 unspecified atom stereocenters. The predicted molar refractivity (Wildman–Crippen MR) is 114 cm³/mol. The number of hydrogen-bond acceptors (Lipinski definition) is 3.